The molecule has 0 amide bonds. The summed E-state index contributed by atoms with van der Waals surface area (Å²) in [5.41, 5.74) is 1.18. The van der Waals surface area contributed by atoms with Crippen molar-refractivity contribution < 1.29 is 4.74 Å². The van der Waals surface area contributed by atoms with E-state index in [0.717, 1.165) is 17.6 Å². The molecule has 1 aliphatic carbocycles. The lowest BCUT2D eigenvalue weighted by Gasteiger charge is -2.32. The fraction of sp³-hybridized carbons (Fsp3) is 0.625. The number of methoxy groups -OCH3 is 1. The normalized spacial score (nSPS) is 24.0. The van der Waals surface area contributed by atoms with Crippen molar-refractivity contribution in [1.82, 2.24) is 0 Å². The molecule has 0 aliphatic heterocycles. The predicted octanol–water partition coefficient (Wildman–Crippen LogP) is 4.32. The van der Waals surface area contributed by atoms with Crippen molar-refractivity contribution in [2.45, 2.75) is 45.6 Å². The van der Waals surface area contributed by atoms with Crippen molar-refractivity contribution in [3.63, 3.8) is 0 Å². The highest BCUT2D eigenvalue weighted by Crippen LogP contribution is 2.31. The van der Waals surface area contributed by atoms with Gasteiger partial charge in [0.15, 0.2) is 0 Å². The predicted molar refractivity (Wildman–Crippen MR) is 77.2 cm³/mol. The number of hydrogen-bond acceptors (Lipinski definition) is 2. The zero-order chi connectivity index (χ0) is 13.0. The van der Waals surface area contributed by atoms with E-state index in [1.807, 2.05) is 12.1 Å². The highest BCUT2D eigenvalue weighted by molar-refractivity contribution is 5.48. The van der Waals surface area contributed by atoms with Crippen molar-refractivity contribution >= 4 is 5.69 Å². The van der Waals surface area contributed by atoms with Crippen LogP contribution >= 0.6 is 0 Å². The van der Waals surface area contributed by atoms with Gasteiger partial charge in [-0.2, -0.15) is 0 Å². The van der Waals surface area contributed by atoms with E-state index in [0.29, 0.717) is 6.04 Å². The molecule has 2 nitrogen and oxygen atoms in total. The van der Waals surface area contributed by atoms with Crippen LogP contribution in [0.15, 0.2) is 24.3 Å². The third kappa shape index (κ3) is 3.41. The molecule has 2 rings (SSSR count). The summed E-state index contributed by atoms with van der Waals surface area (Å²) in [6.45, 7) is 4.69. The second kappa shape index (κ2) is 6.12. The molecule has 1 aromatic rings. The number of benzene rings is 1. The first-order valence-electron chi connectivity index (χ1n) is 7.09. The molecular weight excluding hydrogens is 222 g/mol. The molecule has 0 spiro atoms. The van der Waals surface area contributed by atoms with Crippen LogP contribution in [0.5, 0.6) is 5.75 Å². The third-order valence-electron chi connectivity index (χ3n) is 4.10. The van der Waals surface area contributed by atoms with Crippen molar-refractivity contribution in [2.24, 2.45) is 11.8 Å². The molecule has 0 radical (unpaired) electrons. The number of rotatable bonds is 4. The Kier molecular flexibility index (Phi) is 4.51. The minimum Gasteiger partial charge on any atom is -0.497 e. The van der Waals surface area contributed by atoms with Crippen LogP contribution in [0.25, 0.3) is 0 Å². The summed E-state index contributed by atoms with van der Waals surface area (Å²) < 4.78 is 5.26. The Morgan fingerprint density at radius 1 is 1.28 bits per heavy atom. The zero-order valence-corrected chi connectivity index (χ0v) is 11.8. The molecule has 2 heteroatoms. The van der Waals surface area contributed by atoms with Gasteiger partial charge in [-0.05, 0) is 36.8 Å². The van der Waals surface area contributed by atoms with Gasteiger partial charge in [0.25, 0.3) is 0 Å². The van der Waals surface area contributed by atoms with Crippen LogP contribution in [0.1, 0.15) is 39.5 Å². The molecular formula is C16H25NO. The summed E-state index contributed by atoms with van der Waals surface area (Å²) in [6.07, 6.45) is 5.34. The summed E-state index contributed by atoms with van der Waals surface area (Å²) in [6, 6.07) is 8.87. The van der Waals surface area contributed by atoms with Crippen LogP contribution < -0.4 is 10.1 Å². The van der Waals surface area contributed by atoms with Crippen LogP contribution in [0.2, 0.25) is 0 Å². The lowest BCUT2D eigenvalue weighted by molar-refractivity contribution is 0.264. The van der Waals surface area contributed by atoms with E-state index in [4.69, 9.17) is 4.74 Å². The van der Waals surface area contributed by atoms with Crippen LogP contribution in [-0.2, 0) is 0 Å². The molecule has 0 saturated heterocycles. The Morgan fingerprint density at radius 3 is 2.83 bits per heavy atom. The highest BCUT2D eigenvalue weighted by Gasteiger charge is 2.23. The van der Waals surface area contributed by atoms with E-state index in [1.165, 1.54) is 31.4 Å². The van der Waals surface area contributed by atoms with E-state index in [-0.39, 0.29) is 0 Å². The van der Waals surface area contributed by atoms with Crippen LogP contribution in [-0.4, -0.2) is 13.2 Å². The number of nitrogens with one attached hydrogen (secondary N) is 1. The quantitative estimate of drug-likeness (QED) is 0.855. The van der Waals surface area contributed by atoms with Crippen molar-refractivity contribution in [3.8, 4) is 5.75 Å². The van der Waals surface area contributed by atoms with Gasteiger partial charge < -0.3 is 10.1 Å². The average Bonchev–Trinajstić information content (AvgIpc) is 2.39. The largest absolute Gasteiger partial charge is 0.497 e. The summed E-state index contributed by atoms with van der Waals surface area (Å²) in [7, 11) is 1.72. The molecule has 2 atom stereocenters. The molecule has 1 saturated carbocycles. The Morgan fingerprint density at radius 2 is 2.11 bits per heavy atom. The minimum atomic E-state index is 0.623. The SMILES string of the molecule is COc1cccc(NC2CCCC(C(C)C)C2)c1. The smallest absolute Gasteiger partial charge is 0.120 e. The standard InChI is InChI=1S/C16H25NO/c1-12(2)13-6-4-7-14(10-13)17-15-8-5-9-16(11-15)18-3/h5,8-9,11-14,17H,4,6-7,10H2,1-3H3. The average molecular weight is 247 g/mol. The van der Waals surface area contributed by atoms with E-state index in [1.54, 1.807) is 7.11 Å². The molecule has 1 aliphatic rings. The van der Waals surface area contributed by atoms with Gasteiger partial charge in [-0.25, -0.2) is 0 Å². The molecule has 1 N–H and O–H groups in total. The molecule has 1 fully saturated rings. The van der Waals surface area contributed by atoms with Crippen LogP contribution in [0, 0.1) is 11.8 Å². The fourth-order valence-electron chi connectivity index (χ4n) is 2.91. The Balaban J connectivity index is 1.95. The lowest BCUT2D eigenvalue weighted by atomic mass is 9.79. The first-order chi connectivity index (χ1) is 8.69. The van der Waals surface area contributed by atoms with Gasteiger partial charge in [0, 0.05) is 17.8 Å². The van der Waals surface area contributed by atoms with Crippen molar-refractivity contribution in [1.29, 1.82) is 0 Å². The fourth-order valence-corrected chi connectivity index (χ4v) is 2.91. The summed E-state index contributed by atoms with van der Waals surface area (Å²) in [4.78, 5) is 0. The van der Waals surface area contributed by atoms with Gasteiger partial charge in [-0.15, -0.1) is 0 Å². The first-order valence-corrected chi connectivity index (χ1v) is 7.09. The van der Waals surface area contributed by atoms with Gasteiger partial charge in [-0.1, -0.05) is 32.8 Å². The Hall–Kier alpha value is -1.18. The number of ether oxygens (including phenoxy) is 1. The number of hydrogen-bond donors (Lipinski definition) is 1. The van der Waals surface area contributed by atoms with E-state index < -0.39 is 0 Å². The maximum absolute atomic E-state index is 5.26. The Labute approximate surface area is 111 Å². The molecule has 18 heavy (non-hydrogen) atoms. The van der Waals surface area contributed by atoms with Crippen LogP contribution in [0.4, 0.5) is 5.69 Å². The summed E-state index contributed by atoms with van der Waals surface area (Å²) in [5.74, 6) is 2.61. The summed E-state index contributed by atoms with van der Waals surface area (Å²) in [5, 5.41) is 3.66. The Bertz CT molecular complexity index is 375. The van der Waals surface area contributed by atoms with Crippen molar-refractivity contribution in [3.05, 3.63) is 24.3 Å². The maximum Gasteiger partial charge on any atom is 0.120 e. The lowest BCUT2D eigenvalue weighted by Crippen LogP contribution is -2.29. The van der Waals surface area contributed by atoms with Gasteiger partial charge in [0.05, 0.1) is 7.11 Å². The highest BCUT2D eigenvalue weighted by atomic mass is 16.5. The topological polar surface area (TPSA) is 21.3 Å². The zero-order valence-electron chi connectivity index (χ0n) is 11.8. The number of anilines is 1. The van der Waals surface area contributed by atoms with E-state index >= 15 is 0 Å². The monoisotopic (exact) mass is 247 g/mol. The second-order valence-electron chi connectivity index (χ2n) is 5.74. The van der Waals surface area contributed by atoms with Crippen molar-refractivity contribution in [2.75, 3.05) is 12.4 Å². The van der Waals surface area contributed by atoms with Crippen LogP contribution in [0.3, 0.4) is 0 Å². The molecule has 0 aromatic heterocycles. The molecule has 1 aromatic carbocycles. The van der Waals surface area contributed by atoms with Gasteiger partial charge in [0.2, 0.25) is 0 Å². The van der Waals surface area contributed by atoms with E-state index in [9.17, 15) is 0 Å². The molecule has 2 unspecified atom stereocenters. The second-order valence-corrected chi connectivity index (χ2v) is 5.74. The molecule has 100 valence electrons. The maximum atomic E-state index is 5.26. The molecule has 0 bridgehead atoms. The van der Waals surface area contributed by atoms with Gasteiger partial charge >= 0.3 is 0 Å². The molecule has 0 heterocycles. The summed E-state index contributed by atoms with van der Waals surface area (Å²) >= 11 is 0. The van der Waals surface area contributed by atoms with E-state index in [2.05, 4.69) is 31.3 Å². The van der Waals surface area contributed by atoms with Gasteiger partial charge in [0.1, 0.15) is 5.75 Å². The first kappa shape index (κ1) is 13.3. The third-order valence-corrected chi connectivity index (χ3v) is 4.10. The van der Waals surface area contributed by atoms with Gasteiger partial charge in [-0.3, -0.25) is 0 Å². The minimum absolute atomic E-state index is 0.623.